The number of methoxy groups -OCH3 is 1. The molecule has 236 valence electrons. The SMILES string of the molecule is COC(=O)c1sc(-c2cccc(NC3CCN(S(=O)(=O)Cc4ccccc4)CC3)c2)c(Br)c1OCC(=O)Nc1ccccc1C. The number of sulfonamides is 1. The number of ether oxygens (including phenoxy) is 2. The van der Waals surface area contributed by atoms with Crippen molar-refractivity contribution < 1.29 is 27.5 Å². The lowest BCUT2D eigenvalue weighted by Crippen LogP contribution is -2.42. The van der Waals surface area contributed by atoms with Crippen LogP contribution in [0.3, 0.4) is 0 Å². The van der Waals surface area contributed by atoms with Crippen LogP contribution in [0, 0.1) is 6.92 Å². The van der Waals surface area contributed by atoms with E-state index in [2.05, 4.69) is 26.6 Å². The van der Waals surface area contributed by atoms with Gasteiger partial charge in [0.15, 0.2) is 17.2 Å². The Labute approximate surface area is 275 Å². The van der Waals surface area contributed by atoms with Crippen LogP contribution in [0.5, 0.6) is 5.75 Å². The minimum Gasteiger partial charge on any atom is -0.481 e. The molecule has 1 fully saturated rings. The zero-order chi connectivity index (χ0) is 32.0. The minimum absolute atomic E-state index is 0.000304. The summed E-state index contributed by atoms with van der Waals surface area (Å²) in [7, 11) is -2.09. The highest BCUT2D eigenvalue weighted by Gasteiger charge is 2.29. The van der Waals surface area contributed by atoms with Gasteiger partial charge in [-0.1, -0.05) is 60.7 Å². The van der Waals surface area contributed by atoms with Gasteiger partial charge in [0.25, 0.3) is 5.91 Å². The molecule has 45 heavy (non-hydrogen) atoms. The lowest BCUT2D eigenvalue weighted by atomic mass is 10.1. The van der Waals surface area contributed by atoms with Crippen LogP contribution in [0.2, 0.25) is 0 Å². The topological polar surface area (TPSA) is 114 Å². The van der Waals surface area contributed by atoms with Crippen molar-refractivity contribution in [3.05, 3.63) is 99.3 Å². The van der Waals surface area contributed by atoms with E-state index < -0.39 is 16.0 Å². The van der Waals surface area contributed by atoms with Crippen molar-refractivity contribution in [3.8, 4) is 16.2 Å². The molecule has 1 aliphatic heterocycles. The van der Waals surface area contributed by atoms with E-state index in [-0.39, 0.29) is 34.9 Å². The molecular weight excluding hydrogens is 678 g/mol. The fourth-order valence-corrected chi connectivity index (χ4v) is 8.65. The smallest absolute Gasteiger partial charge is 0.351 e. The lowest BCUT2D eigenvalue weighted by molar-refractivity contribution is -0.118. The second-order valence-electron chi connectivity index (χ2n) is 10.7. The van der Waals surface area contributed by atoms with Crippen molar-refractivity contribution in [2.75, 3.05) is 37.4 Å². The summed E-state index contributed by atoms with van der Waals surface area (Å²) in [6, 6.07) is 24.5. The average Bonchev–Trinajstić information content (AvgIpc) is 3.37. The number of piperidine rings is 1. The van der Waals surface area contributed by atoms with E-state index in [0.29, 0.717) is 36.1 Å². The highest BCUT2D eigenvalue weighted by molar-refractivity contribution is 9.10. The molecule has 12 heteroatoms. The summed E-state index contributed by atoms with van der Waals surface area (Å²) in [5.41, 5.74) is 4.10. The first-order valence-corrected chi connectivity index (χ1v) is 17.6. The van der Waals surface area contributed by atoms with Crippen LogP contribution in [0.25, 0.3) is 10.4 Å². The second kappa shape index (κ2) is 14.6. The summed E-state index contributed by atoms with van der Waals surface area (Å²) >= 11 is 4.81. The van der Waals surface area contributed by atoms with Crippen LogP contribution < -0.4 is 15.4 Å². The third-order valence-corrected chi connectivity index (χ3v) is 11.6. The van der Waals surface area contributed by atoms with Gasteiger partial charge in [-0.15, -0.1) is 11.3 Å². The fraction of sp³-hybridized carbons (Fsp3) is 0.273. The Morgan fingerprint density at radius 3 is 2.42 bits per heavy atom. The standard InChI is InChI=1S/C33H34BrN3O6S2/c1-22-9-6-7-14-27(22)36-28(38)20-43-30-29(34)31(44-32(30)33(39)42-2)24-12-8-13-26(19-24)35-25-15-17-37(18-16-25)45(40,41)21-23-10-4-3-5-11-23/h3-14,19,25,35H,15-18,20-21H2,1-2H3,(H,36,38). The van der Waals surface area contributed by atoms with Crippen LogP contribution in [0.4, 0.5) is 11.4 Å². The molecule has 9 nitrogen and oxygen atoms in total. The normalized spacial score (nSPS) is 14.1. The number of rotatable bonds is 11. The molecule has 3 aromatic carbocycles. The molecule has 1 aromatic heterocycles. The van der Waals surface area contributed by atoms with Crippen molar-refractivity contribution in [1.82, 2.24) is 4.31 Å². The Balaban J connectivity index is 1.25. The largest absolute Gasteiger partial charge is 0.481 e. The number of amides is 1. The Bertz CT molecular complexity index is 1770. The third kappa shape index (κ3) is 8.12. The van der Waals surface area contributed by atoms with Gasteiger partial charge in [-0.3, -0.25) is 4.79 Å². The molecule has 0 unspecified atom stereocenters. The van der Waals surface area contributed by atoms with Gasteiger partial charge in [0.05, 0.1) is 22.2 Å². The Morgan fingerprint density at radius 2 is 1.71 bits per heavy atom. The quantitative estimate of drug-likeness (QED) is 0.167. The predicted octanol–water partition coefficient (Wildman–Crippen LogP) is 6.70. The average molecular weight is 713 g/mol. The molecule has 4 aromatic rings. The van der Waals surface area contributed by atoms with Crippen LogP contribution in [-0.4, -0.2) is 57.4 Å². The van der Waals surface area contributed by atoms with Gasteiger partial charge >= 0.3 is 5.97 Å². The third-order valence-electron chi connectivity index (χ3n) is 7.48. The number of esters is 1. The van der Waals surface area contributed by atoms with Crippen LogP contribution >= 0.6 is 27.3 Å². The Kier molecular flexibility index (Phi) is 10.6. The predicted molar refractivity (Wildman–Crippen MR) is 181 cm³/mol. The molecule has 0 bridgehead atoms. The molecule has 5 rings (SSSR count). The molecule has 2 N–H and O–H groups in total. The molecule has 1 amide bonds. The number of nitrogens with one attached hydrogen (secondary N) is 2. The number of thiophene rings is 1. The lowest BCUT2D eigenvalue weighted by Gasteiger charge is -2.32. The number of hydrogen-bond acceptors (Lipinski definition) is 8. The van der Waals surface area contributed by atoms with E-state index in [1.807, 2.05) is 85.8 Å². The monoisotopic (exact) mass is 711 g/mol. The molecule has 0 radical (unpaired) electrons. The van der Waals surface area contributed by atoms with Gasteiger partial charge in [0, 0.05) is 30.5 Å². The number of anilines is 2. The molecule has 2 heterocycles. The maximum absolute atomic E-state index is 13.0. The van der Waals surface area contributed by atoms with Crippen molar-refractivity contribution in [1.29, 1.82) is 0 Å². The van der Waals surface area contributed by atoms with E-state index in [1.165, 1.54) is 18.4 Å². The zero-order valence-electron chi connectivity index (χ0n) is 24.9. The van der Waals surface area contributed by atoms with Crippen molar-refractivity contribution in [2.45, 2.75) is 31.6 Å². The number of halogens is 1. The van der Waals surface area contributed by atoms with E-state index in [4.69, 9.17) is 9.47 Å². The first-order valence-electron chi connectivity index (χ1n) is 14.4. The van der Waals surface area contributed by atoms with Crippen molar-refractivity contribution in [2.24, 2.45) is 0 Å². The van der Waals surface area contributed by atoms with Gasteiger partial charge in [-0.2, -0.15) is 0 Å². The zero-order valence-corrected chi connectivity index (χ0v) is 28.1. The van der Waals surface area contributed by atoms with Gasteiger partial charge in [-0.25, -0.2) is 17.5 Å². The molecule has 0 spiro atoms. The van der Waals surface area contributed by atoms with Crippen molar-refractivity contribution >= 4 is 60.5 Å². The van der Waals surface area contributed by atoms with Crippen LogP contribution in [-0.2, 0) is 25.3 Å². The Morgan fingerprint density at radius 1 is 1.00 bits per heavy atom. The fourth-order valence-electron chi connectivity index (χ4n) is 5.12. The van der Waals surface area contributed by atoms with Crippen LogP contribution in [0.15, 0.2) is 83.3 Å². The molecule has 1 aliphatic rings. The minimum atomic E-state index is -3.39. The number of benzene rings is 3. The van der Waals surface area contributed by atoms with E-state index in [0.717, 1.165) is 27.3 Å². The first kappa shape index (κ1) is 32.7. The van der Waals surface area contributed by atoms with Gasteiger partial charge < -0.3 is 20.1 Å². The van der Waals surface area contributed by atoms with Gasteiger partial charge in [-0.05, 0) is 70.6 Å². The maximum Gasteiger partial charge on any atom is 0.351 e. The second-order valence-corrected chi connectivity index (χ2v) is 14.5. The highest BCUT2D eigenvalue weighted by atomic mass is 79.9. The molecule has 1 saturated heterocycles. The molecular formula is C33H34BrN3O6S2. The summed E-state index contributed by atoms with van der Waals surface area (Å²) in [5.74, 6) is -0.682. The maximum atomic E-state index is 13.0. The summed E-state index contributed by atoms with van der Waals surface area (Å²) < 4.78 is 38.9. The number of carbonyl (C=O) groups excluding carboxylic acids is 2. The summed E-state index contributed by atoms with van der Waals surface area (Å²) in [6.07, 6.45) is 1.35. The molecule has 0 aliphatic carbocycles. The van der Waals surface area contributed by atoms with Crippen LogP contribution in [0.1, 0.15) is 33.6 Å². The first-order chi connectivity index (χ1) is 21.6. The van der Waals surface area contributed by atoms with Crippen molar-refractivity contribution in [3.63, 3.8) is 0 Å². The number of aryl methyl sites for hydroxylation is 1. The number of hydrogen-bond donors (Lipinski definition) is 2. The number of nitrogens with zero attached hydrogens (tertiary/aromatic N) is 1. The van der Waals surface area contributed by atoms with Gasteiger partial charge in [0.1, 0.15) is 0 Å². The van der Waals surface area contributed by atoms with E-state index in [9.17, 15) is 18.0 Å². The summed E-state index contributed by atoms with van der Waals surface area (Å²) in [5, 5.41) is 6.38. The van der Waals surface area contributed by atoms with E-state index in [1.54, 1.807) is 4.31 Å². The van der Waals surface area contributed by atoms with Gasteiger partial charge in [0.2, 0.25) is 10.0 Å². The number of carbonyl (C=O) groups is 2. The number of para-hydroxylation sites is 1. The molecule has 0 atom stereocenters. The Hall–Kier alpha value is -3.71. The summed E-state index contributed by atoms with van der Waals surface area (Å²) in [6.45, 7) is 2.50. The molecule has 0 saturated carbocycles. The summed E-state index contributed by atoms with van der Waals surface area (Å²) in [4.78, 5) is 26.3. The highest BCUT2D eigenvalue weighted by Crippen LogP contribution is 2.46. The van der Waals surface area contributed by atoms with E-state index >= 15 is 0 Å².